The first-order valence-corrected chi connectivity index (χ1v) is 11.5. The number of rotatable bonds is 7. The average Bonchev–Trinajstić information content (AvgIpc) is 3.22. The molecule has 0 bridgehead atoms. The van der Waals surface area contributed by atoms with Crippen LogP contribution in [0.2, 0.25) is 0 Å². The molecule has 1 aromatic heterocycles. The van der Waals surface area contributed by atoms with Gasteiger partial charge in [0.2, 0.25) is 0 Å². The molecular formula is C22H26BrNO4S. The number of thiophene rings is 1. The Morgan fingerprint density at radius 3 is 2.72 bits per heavy atom. The Kier molecular flexibility index (Phi) is 7.01. The Hall–Kier alpha value is -1.86. The first kappa shape index (κ1) is 21.8. The summed E-state index contributed by atoms with van der Waals surface area (Å²) < 4.78 is 12.1. The Morgan fingerprint density at radius 1 is 1.28 bits per heavy atom. The Balaban J connectivity index is 1.74. The molecule has 1 amide bonds. The van der Waals surface area contributed by atoms with E-state index in [0.717, 1.165) is 45.3 Å². The first-order chi connectivity index (χ1) is 13.8. The normalized spacial score (nSPS) is 12.8. The maximum Gasteiger partial charge on any atom is 0.341 e. The van der Waals surface area contributed by atoms with Crippen molar-refractivity contribution in [3.63, 3.8) is 0 Å². The molecule has 3 rings (SSSR count). The Bertz CT molecular complexity index is 935. The summed E-state index contributed by atoms with van der Waals surface area (Å²) in [6, 6.07) is 3.98. The smallest absolute Gasteiger partial charge is 0.341 e. The topological polar surface area (TPSA) is 64.6 Å². The molecule has 1 aromatic carbocycles. The molecule has 29 heavy (non-hydrogen) atoms. The minimum atomic E-state index is -0.367. The maximum atomic E-state index is 12.6. The number of amides is 1. The van der Waals surface area contributed by atoms with Crippen molar-refractivity contribution in [2.75, 3.05) is 18.5 Å². The van der Waals surface area contributed by atoms with Crippen LogP contribution >= 0.6 is 27.3 Å². The van der Waals surface area contributed by atoms with Gasteiger partial charge in [0, 0.05) is 9.35 Å². The fourth-order valence-electron chi connectivity index (χ4n) is 3.46. The molecule has 1 aliphatic carbocycles. The van der Waals surface area contributed by atoms with Gasteiger partial charge in [0.15, 0.2) is 6.61 Å². The van der Waals surface area contributed by atoms with Gasteiger partial charge in [-0.25, -0.2) is 4.79 Å². The van der Waals surface area contributed by atoms with Gasteiger partial charge in [-0.2, -0.15) is 0 Å². The molecule has 0 radical (unpaired) electrons. The third kappa shape index (κ3) is 4.83. The van der Waals surface area contributed by atoms with Crippen LogP contribution in [-0.2, 0) is 22.4 Å². The van der Waals surface area contributed by atoms with Crippen LogP contribution in [0.4, 0.5) is 5.00 Å². The lowest BCUT2D eigenvalue weighted by Gasteiger charge is -2.16. The molecule has 5 nitrogen and oxygen atoms in total. The van der Waals surface area contributed by atoms with Gasteiger partial charge in [-0.05, 0) is 67.9 Å². The predicted molar refractivity (Wildman–Crippen MR) is 119 cm³/mol. The predicted octanol–water partition coefficient (Wildman–Crippen LogP) is 5.63. The summed E-state index contributed by atoms with van der Waals surface area (Å²) in [7, 11) is 0. The fourth-order valence-corrected chi connectivity index (χ4v) is 5.12. The zero-order valence-electron chi connectivity index (χ0n) is 17.2. The van der Waals surface area contributed by atoms with Crippen molar-refractivity contribution in [1.29, 1.82) is 0 Å². The highest BCUT2D eigenvalue weighted by molar-refractivity contribution is 9.10. The zero-order chi connectivity index (χ0) is 21.1. The molecule has 156 valence electrons. The van der Waals surface area contributed by atoms with Gasteiger partial charge >= 0.3 is 5.97 Å². The van der Waals surface area contributed by atoms with E-state index < -0.39 is 0 Å². The summed E-state index contributed by atoms with van der Waals surface area (Å²) in [5.74, 6) is 0.315. The van der Waals surface area contributed by atoms with E-state index in [2.05, 4.69) is 35.1 Å². The van der Waals surface area contributed by atoms with Crippen LogP contribution in [0.15, 0.2) is 16.6 Å². The van der Waals surface area contributed by atoms with Gasteiger partial charge in [-0.3, -0.25) is 4.79 Å². The lowest BCUT2D eigenvalue weighted by Crippen LogP contribution is -2.21. The third-order valence-electron chi connectivity index (χ3n) is 4.93. The van der Waals surface area contributed by atoms with Gasteiger partial charge in [-0.1, -0.05) is 29.8 Å². The minimum Gasteiger partial charge on any atom is -0.483 e. The van der Waals surface area contributed by atoms with Crippen LogP contribution < -0.4 is 10.1 Å². The van der Waals surface area contributed by atoms with Gasteiger partial charge in [0.1, 0.15) is 10.8 Å². The van der Waals surface area contributed by atoms with Crippen LogP contribution in [-0.4, -0.2) is 25.1 Å². The summed E-state index contributed by atoms with van der Waals surface area (Å²) in [6.45, 7) is 8.13. The number of anilines is 1. The largest absolute Gasteiger partial charge is 0.483 e. The number of fused-ring (bicyclic) bond motifs is 1. The molecule has 0 saturated heterocycles. The molecule has 1 N–H and O–H groups in total. The number of carbonyl (C=O) groups excluding carboxylic acids is 2. The molecule has 1 heterocycles. The average molecular weight is 480 g/mol. The SMILES string of the molecule is CCOC(=O)c1c(NC(=O)COc2cc(C)c(Br)cc2C(C)C)sc2c1CCC2. The molecule has 0 aliphatic heterocycles. The molecule has 0 fully saturated rings. The lowest BCUT2D eigenvalue weighted by atomic mass is 10.0. The molecule has 0 saturated carbocycles. The van der Waals surface area contributed by atoms with E-state index in [0.29, 0.717) is 22.9 Å². The van der Waals surface area contributed by atoms with Gasteiger partial charge in [-0.15, -0.1) is 11.3 Å². The van der Waals surface area contributed by atoms with E-state index in [1.165, 1.54) is 11.3 Å². The highest BCUT2D eigenvalue weighted by atomic mass is 79.9. The van der Waals surface area contributed by atoms with Crippen LogP contribution in [0, 0.1) is 6.92 Å². The number of aryl methyl sites for hydroxylation is 2. The van der Waals surface area contributed by atoms with Crippen molar-refractivity contribution in [3.05, 3.63) is 43.7 Å². The number of ether oxygens (including phenoxy) is 2. The van der Waals surface area contributed by atoms with E-state index >= 15 is 0 Å². The number of carbonyl (C=O) groups is 2. The quantitative estimate of drug-likeness (QED) is 0.522. The Morgan fingerprint density at radius 2 is 2.03 bits per heavy atom. The van der Waals surface area contributed by atoms with Crippen LogP contribution in [0.1, 0.15) is 65.0 Å². The van der Waals surface area contributed by atoms with Gasteiger partial charge in [0.05, 0.1) is 12.2 Å². The highest BCUT2D eigenvalue weighted by Crippen LogP contribution is 2.39. The number of hydrogen-bond acceptors (Lipinski definition) is 5. The molecule has 1 aliphatic rings. The van der Waals surface area contributed by atoms with Crippen LogP contribution in [0.25, 0.3) is 0 Å². The van der Waals surface area contributed by atoms with E-state index in [4.69, 9.17) is 9.47 Å². The lowest BCUT2D eigenvalue weighted by molar-refractivity contribution is -0.118. The van der Waals surface area contributed by atoms with Crippen molar-refractivity contribution < 1.29 is 19.1 Å². The Labute approximate surface area is 183 Å². The summed E-state index contributed by atoms with van der Waals surface area (Å²) in [6.07, 6.45) is 2.82. The third-order valence-corrected chi connectivity index (χ3v) is 6.99. The molecule has 0 unspecified atom stereocenters. The van der Waals surface area contributed by atoms with Crippen LogP contribution in [0.3, 0.4) is 0 Å². The van der Waals surface area contributed by atoms with Crippen molar-refractivity contribution in [2.24, 2.45) is 0 Å². The summed E-state index contributed by atoms with van der Waals surface area (Å²) in [4.78, 5) is 26.2. The standard InChI is InChI=1S/C22H26BrNO4S/c1-5-27-22(26)20-14-7-6-8-18(14)29-21(20)24-19(25)11-28-17-9-13(4)16(23)10-15(17)12(2)3/h9-10,12H,5-8,11H2,1-4H3,(H,24,25). The fraction of sp³-hybridized carbons (Fsp3) is 0.455. The number of hydrogen-bond donors (Lipinski definition) is 1. The first-order valence-electron chi connectivity index (χ1n) is 9.86. The van der Waals surface area contributed by atoms with Gasteiger partial charge < -0.3 is 14.8 Å². The van der Waals surface area contributed by atoms with Crippen molar-refractivity contribution in [3.8, 4) is 5.75 Å². The molecule has 2 aromatic rings. The molecule has 0 atom stereocenters. The van der Waals surface area contributed by atoms with E-state index in [9.17, 15) is 9.59 Å². The number of nitrogens with one attached hydrogen (secondary N) is 1. The molecule has 7 heteroatoms. The second-order valence-electron chi connectivity index (χ2n) is 7.41. The van der Waals surface area contributed by atoms with Crippen molar-refractivity contribution in [2.45, 2.75) is 52.9 Å². The van der Waals surface area contributed by atoms with Crippen molar-refractivity contribution >= 4 is 44.1 Å². The second-order valence-corrected chi connectivity index (χ2v) is 9.37. The number of halogens is 1. The summed E-state index contributed by atoms with van der Waals surface area (Å²) in [5.41, 5.74) is 3.62. The second kappa shape index (κ2) is 9.30. The summed E-state index contributed by atoms with van der Waals surface area (Å²) >= 11 is 5.02. The zero-order valence-corrected chi connectivity index (χ0v) is 19.6. The summed E-state index contributed by atoms with van der Waals surface area (Å²) in [5, 5.41) is 3.44. The van der Waals surface area contributed by atoms with Crippen molar-refractivity contribution in [1.82, 2.24) is 0 Å². The molecular weight excluding hydrogens is 454 g/mol. The van der Waals surface area contributed by atoms with Crippen LogP contribution in [0.5, 0.6) is 5.75 Å². The maximum absolute atomic E-state index is 12.6. The van der Waals surface area contributed by atoms with E-state index in [1.54, 1.807) is 6.92 Å². The number of benzene rings is 1. The van der Waals surface area contributed by atoms with Gasteiger partial charge in [0.25, 0.3) is 5.91 Å². The molecule has 0 spiro atoms. The van der Waals surface area contributed by atoms with E-state index in [-0.39, 0.29) is 24.4 Å². The monoisotopic (exact) mass is 479 g/mol. The van der Waals surface area contributed by atoms with E-state index in [1.807, 2.05) is 19.1 Å². The highest BCUT2D eigenvalue weighted by Gasteiger charge is 2.28. The number of esters is 1. The minimum absolute atomic E-state index is 0.119.